The molecule has 0 radical (unpaired) electrons. The molecule has 0 unspecified atom stereocenters. The van der Waals surface area contributed by atoms with Crippen molar-refractivity contribution < 1.29 is 4.42 Å². The lowest BCUT2D eigenvalue weighted by atomic mass is 9.86. The summed E-state index contributed by atoms with van der Waals surface area (Å²) in [4.78, 5) is 0. The van der Waals surface area contributed by atoms with Crippen molar-refractivity contribution in [3.63, 3.8) is 0 Å². The molecule has 2 nitrogen and oxygen atoms in total. The molecule has 0 amide bonds. The maximum absolute atomic E-state index is 5.79. The smallest absolute Gasteiger partial charge is 0.136 e. The van der Waals surface area contributed by atoms with E-state index in [2.05, 4.69) is 32.9 Å². The van der Waals surface area contributed by atoms with Crippen molar-refractivity contribution in [1.82, 2.24) is 0 Å². The van der Waals surface area contributed by atoms with Gasteiger partial charge < -0.3 is 10.2 Å². The Morgan fingerprint density at radius 2 is 1.93 bits per heavy atom. The zero-order valence-corrected chi connectivity index (χ0v) is 8.79. The van der Waals surface area contributed by atoms with E-state index in [0.29, 0.717) is 5.69 Å². The third-order valence-electron chi connectivity index (χ3n) is 2.47. The number of nitrogen functional groups attached to an aromatic ring is 1. The normalized spacial score (nSPS) is 12.2. The first kappa shape index (κ1) is 9.13. The molecule has 2 rings (SSSR count). The number of nitrogens with two attached hydrogens (primary N) is 1. The molecule has 0 spiro atoms. The molecule has 14 heavy (non-hydrogen) atoms. The molecule has 0 aliphatic carbocycles. The lowest BCUT2D eigenvalue weighted by molar-refractivity contribution is 0.589. The summed E-state index contributed by atoms with van der Waals surface area (Å²) < 4.78 is 5.29. The fourth-order valence-corrected chi connectivity index (χ4v) is 1.52. The molecule has 2 N–H and O–H groups in total. The van der Waals surface area contributed by atoms with E-state index in [1.54, 1.807) is 6.26 Å². The molecule has 1 aromatic carbocycles. The number of anilines is 1. The highest BCUT2D eigenvalue weighted by Crippen LogP contribution is 2.29. The topological polar surface area (TPSA) is 39.2 Å². The minimum Gasteiger partial charge on any atom is -0.462 e. The molecule has 0 aliphatic heterocycles. The summed E-state index contributed by atoms with van der Waals surface area (Å²) in [6, 6.07) is 6.17. The number of rotatable bonds is 0. The van der Waals surface area contributed by atoms with Crippen LogP contribution in [0.5, 0.6) is 0 Å². The maximum Gasteiger partial charge on any atom is 0.136 e. The molecular formula is C12H15NO. The third-order valence-corrected chi connectivity index (χ3v) is 2.47. The number of hydrogen-bond acceptors (Lipinski definition) is 2. The summed E-state index contributed by atoms with van der Waals surface area (Å²) in [5, 5.41) is 1.01. The van der Waals surface area contributed by atoms with E-state index < -0.39 is 0 Å². The Kier molecular flexibility index (Phi) is 1.81. The molecule has 0 bridgehead atoms. The monoisotopic (exact) mass is 189 g/mol. The van der Waals surface area contributed by atoms with E-state index in [0.717, 1.165) is 11.0 Å². The first-order chi connectivity index (χ1) is 6.48. The summed E-state index contributed by atoms with van der Waals surface area (Å²) >= 11 is 0. The minimum absolute atomic E-state index is 0.151. The summed E-state index contributed by atoms with van der Waals surface area (Å²) in [6.45, 7) is 6.55. The molecule has 0 aliphatic rings. The first-order valence-corrected chi connectivity index (χ1v) is 4.76. The lowest BCUT2D eigenvalue weighted by Crippen LogP contribution is -2.10. The molecule has 74 valence electrons. The van der Waals surface area contributed by atoms with Crippen LogP contribution in [0, 0.1) is 0 Å². The van der Waals surface area contributed by atoms with Gasteiger partial charge in [0.25, 0.3) is 0 Å². The van der Waals surface area contributed by atoms with Gasteiger partial charge in [-0.2, -0.15) is 0 Å². The summed E-state index contributed by atoms with van der Waals surface area (Å²) in [5.41, 5.74) is 8.79. The molecule has 1 heterocycles. The van der Waals surface area contributed by atoms with Crippen LogP contribution in [0.2, 0.25) is 0 Å². The van der Waals surface area contributed by atoms with Crippen LogP contribution >= 0.6 is 0 Å². The zero-order chi connectivity index (χ0) is 10.3. The number of benzene rings is 1. The Balaban J connectivity index is 2.66. The quantitative estimate of drug-likeness (QED) is 0.690. The molecule has 2 aromatic rings. The largest absolute Gasteiger partial charge is 0.462 e. The van der Waals surface area contributed by atoms with Gasteiger partial charge in [-0.1, -0.05) is 26.8 Å². The highest BCUT2D eigenvalue weighted by atomic mass is 16.3. The van der Waals surface area contributed by atoms with Crippen LogP contribution < -0.4 is 5.73 Å². The third kappa shape index (κ3) is 1.37. The fourth-order valence-electron chi connectivity index (χ4n) is 1.52. The van der Waals surface area contributed by atoms with Gasteiger partial charge in [0.05, 0.1) is 5.69 Å². The van der Waals surface area contributed by atoms with Gasteiger partial charge in [-0.3, -0.25) is 0 Å². The van der Waals surface area contributed by atoms with Crippen molar-refractivity contribution in [2.24, 2.45) is 0 Å². The van der Waals surface area contributed by atoms with E-state index in [-0.39, 0.29) is 5.41 Å². The van der Waals surface area contributed by atoms with Gasteiger partial charge in [-0.25, -0.2) is 0 Å². The molecule has 0 atom stereocenters. The van der Waals surface area contributed by atoms with Crippen molar-refractivity contribution in [2.75, 3.05) is 5.73 Å². The van der Waals surface area contributed by atoms with Crippen LogP contribution in [-0.4, -0.2) is 0 Å². The summed E-state index contributed by atoms with van der Waals surface area (Å²) in [6.07, 6.45) is 1.59. The van der Waals surface area contributed by atoms with E-state index >= 15 is 0 Å². The SMILES string of the molecule is CC(C)(C)c1ccc2occ(N)c2c1. The molecule has 2 heteroatoms. The molecular weight excluding hydrogens is 174 g/mol. The second-order valence-corrected chi connectivity index (χ2v) is 4.65. The van der Waals surface area contributed by atoms with Gasteiger partial charge in [0.2, 0.25) is 0 Å². The van der Waals surface area contributed by atoms with Gasteiger partial charge in [0.15, 0.2) is 0 Å². The maximum atomic E-state index is 5.79. The molecule has 0 saturated carbocycles. The predicted octanol–water partition coefficient (Wildman–Crippen LogP) is 3.31. The summed E-state index contributed by atoms with van der Waals surface area (Å²) in [7, 11) is 0. The van der Waals surface area contributed by atoms with Crippen molar-refractivity contribution in [1.29, 1.82) is 0 Å². The van der Waals surface area contributed by atoms with Crippen LogP contribution in [0.25, 0.3) is 11.0 Å². The lowest BCUT2D eigenvalue weighted by Gasteiger charge is -2.18. The Morgan fingerprint density at radius 1 is 1.21 bits per heavy atom. The van der Waals surface area contributed by atoms with Gasteiger partial charge in [-0.15, -0.1) is 0 Å². The Labute approximate surface area is 83.7 Å². The average Bonchev–Trinajstić information content (AvgIpc) is 2.46. The number of hydrogen-bond donors (Lipinski definition) is 1. The second kappa shape index (κ2) is 2.77. The van der Waals surface area contributed by atoms with Gasteiger partial charge in [0.1, 0.15) is 11.8 Å². The van der Waals surface area contributed by atoms with Crippen molar-refractivity contribution in [2.45, 2.75) is 26.2 Å². The van der Waals surface area contributed by atoms with E-state index in [1.165, 1.54) is 5.56 Å². The van der Waals surface area contributed by atoms with Gasteiger partial charge >= 0.3 is 0 Å². The predicted molar refractivity (Wildman–Crippen MR) is 59.3 cm³/mol. The second-order valence-electron chi connectivity index (χ2n) is 4.65. The average molecular weight is 189 g/mol. The molecule has 0 fully saturated rings. The van der Waals surface area contributed by atoms with Crippen LogP contribution in [0.3, 0.4) is 0 Å². The van der Waals surface area contributed by atoms with Crippen molar-refractivity contribution >= 4 is 16.7 Å². The highest BCUT2D eigenvalue weighted by molar-refractivity contribution is 5.89. The van der Waals surface area contributed by atoms with E-state index in [1.807, 2.05) is 6.07 Å². The van der Waals surface area contributed by atoms with Crippen molar-refractivity contribution in [3.8, 4) is 0 Å². The Hall–Kier alpha value is -1.44. The Morgan fingerprint density at radius 3 is 2.57 bits per heavy atom. The van der Waals surface area contributed by atoms with Crippen LogP contribution in [-0.2, 0) is 5.41 Å². The standard InChI is InChI=1S/C12H15NO/c1-12(2,3)8-4-5-11-9(6-8)10(13)7-14-11/h4-7H,13H2,1-3H3. The molecule has 0 saturated heterocycles. The van der Waals surface area contributed by atoms with Crippen LogP contribution in [0.4, 0.5) is 5.69 Å². The molecule has 1 aromatic heterocycles. The van der Waals surface area contributed by atoms with Gasteiger partial charge in [0, 0.05) is 5.39 Å². The van der Waals surface area contributed by atoms with Gasteiger partial charge in [-0.05, 0) is 23.1 Å². The summed E-state index contributed by atoms with van der Waals surface area (Å²) in [5.74, 6) is 0. The van der Waals surface area contributed by atoms with Crippen LogP contribution in [0.15, 0.2) is 28.9 Å². The highest BCUT2D eigenvalue weighted by Gasteiger charge is 2.15. The Bertz CT molecular complexity index is 463. The first-order valence-electron chi connectivity index (χ1n) is 4.76. The zero-order valence-electron chi connectivity index (χ0n) is 8.79. The minimum atomic E-state index is 0.151. The van der Waals surface area contributed by atoms with Crippen molar-refractivity contribution in [3.05, 3.63) is 30.0 Å². The number of fused-ring (bicyclic) bond motifs is 1. The fraction of sp³-hybridized carbons (Fsp3) is 0.333. The van der Waals surface area contributed by atoms with E-state index in [9.17, 15) is 0 Å². The van der Waals surface area contributed by atoms with E-state index in [4.69, 9.17) is 10.2 Å². The number of furan rings is 1. The van der Waals surface area contributed by atoms with Crippen LogP contribution in [0.1, 0.15) is 26.3 Å².